The number of amides is 3. The molecule has 0 saturated carbocycles. The fourth-order valence-corrected chi connectivity index (χ4v) is 15.2. The number of allylic oxidation sites excluding steroid dienone is 1. The third-order valence-electron chi connectivity index (χ3n) is 18.2. The van der Waals surface area contributed by atoms with Crippen LogP contribution in [0.2, 0.25) is 5.02 Å². The Hall–Kier alpha value is -5.99. The first-order valence-corrected chi connectivity index (χ1v) is 33.0. The lowest BCUT2D eigenvalue weighted by Gasteiger charge is -2.47. The van der Waals surface area contributed by atoms with Crippen LogP contribution in [0.5, 0.6) is 0 Å². The maximum absolute atomic E-state index is 15.5. The first kappa shape index (κ1) is 59.7. The molecule has 2 atom stereocenters. The first-order valence-electron chi connectivity index (χ1n) is 30.1. The minimum atomic E-state index is -4.13. The maximum atomic E-state index is 15.5. The van der Waals surface area contributed by atoms with Gasteiger partial charge in [0.05, 0.1) is 23.8 Å². The van der Waals surface area contributed by atoms with E-state index in [1.54, 1.807) is 59.8 Å². The molecule has 5 aliphatic heterocycles. The number of ether oxygens (including phenoxy) is 1. The Morgan fingerprint density at radius 2 is 1.46 bits per heavy atom. The zero-order valence-electron chi connectivity index (χ0n) is 47.9. The lowest BCUT2D eigenvalue weighted by molar-refractivity contribution is -0.133. The Balaban J connectivity index is 0.642. The standard InChI is InChI=1S/C65H79ClFN9O6S2/c66-51-10-6-48(7-11-51)58-22-26-65(27-32-73(33-28-65)44-47-23-30-76(31-24-47)61-20-14-53(42-59(61)67)69-60-19-21-62(77)70-64(60)79)43-50(58)45-74-34-36-75(37-35-74)55-15-8-49(9-16-55)63(78)71-84(80,81)57-17-12-52(13-18-57)68-54(25-29-72-38-40-82-41-39-72)46-83-56-4-2-1-3-5-56/h1-18,20,42,47,54,60,68-69H,19,21-41,43-46H2,(H,71,78)(H,70,77,79)/t54-,60?/m1/s1. The van der Waals surface area contributed by atoms with Crippen LogP contribution in [0, 0.1) is 17.2 Å². The number of hydrogen-bond acceptors (Lipinski definition) is 14. The number of anilines is 4. The van der Waals surface area contributed by atoms with Gasteiger partial charge in [0, 0.05) is 123 Å². The Labute approximate surface area is 504 Å². The van der Waals surface area contributed by atoms with Crippen LogP contribution in [-0.4, -0.2) is 157 Å². The minimum absolute atomic E-state index is 0.0236. The van der Waals surface area contributed by atoms with E-state index >= 15 is 4.39 Å². The molecule has 1 unspecified atom stereocenters. The molecule has 1 aliphatic carbocycles. The fraction of sp³-hybridized carbons (Fsp3) is 0.462. The summed E-state index contributed by atoms with van der Waals surface area (Å²) in [6.45, 7) is 13.5. The highest BCUT2D eigenvalue weighted by Crippen LogP contribution is 2.49. The molecule has 0 radical (unpaired) electrons. The molecule has 84 heavy (non-hydrogen) atoms. The number of piperidine rings is 3. The summed E-state index contributed by atoms with van der Waals surface area (Å²) in [6, 6.07) is 37.3. The number of morpholine rings is 1. The molecule has 6 aliphatic rings. The third kappa shape index (κ3) is 15.5. The summed E-state index contributed by atoms with van der Waals surface area (Å²) in [6.07, 6.45) is 9.29. The molecule has 5 aromatic rings. The maximum Gasteiger partial charge on any atom is 0.264 e. The Bertz CT molecular complexity index is 3200. The molecule has 5 aromatic carbocycles. The summed E-state index contributed by atoms with van der Waals surface area (Å²) in [4.78, 5) is 50.7. The average Bonchev–Trinajstić information content (AvgIpc) is 2.44. The second-order valence-corrected chi connectivity index (χ2v) is 27.0. The quantitative estimate of drug-likeness (QED) is 0.0431. The molecule has 446 valence electrons. The monoisotopic (exact) mass is 1200 g/mol. The van der Waals surface area contributed by atoms with E-state index in [-0.39, 0.29) is 46.0 Å². The minimum Gasteiger partial charge on any atom is -0.381 e. The normalized spacial score (nSPS) is 20.9. The Morgan fingerprint density at radius 3 is 2.17 bits per heavy atom. The zero-order chi connectivity index (χ0) is 58.0. The van der Waals surface area contributed by atoms with Gasteiger partial charge in [0.2, 0.25) is 11.8 Å². The molecule has 5 fully saturated rings. The predicted molar refractivity (Wildman–Crippen MR) is 334 cm³/mol. The number of piperazine rings is 1. The smallest absolute Gasteiger partial charge is 0.264 e. The molecule has 1 spiro atoms. The second kappa shape index (κ2) is 27.6. The van der Waals surface area contributed by atoms with E-state index in [4.69, 9.17) is 16.3 Å². The molecule has 4 N–H and O–H groups in total. The average molecular weight is 1200 g/mol. The van der Waals surface area contributed by atoms with Gasteiger partial charge in [-0.25, -0.2) is 17.5 Å². The number of rotatable bonds is 20. The van der Waals surface area contributed by atoms with Gasteiger partial charge in [0.25, 0.3) is 15.9 Å². The molecule has 11 rings (SSSR count). The molecule has 5 heterocycles. The van der Waals surface area contributed by atoms with Crippen molar-refractivity contribution in [3.8, 4) is 0 Å². The van der Waals surface area contributed by atoms with Crippen LogP contribution in [0.25, 0.3) is 5.57 Å². The fourth-order valence-electron chi connectivity index (χ4n) is 13.1. The van der Waals surface area contributed by atoms with E-state index in [0.717, 1.165) is 153 Å². The number of benzene rings is 5. The second-order valence-electron chi connectivity index (χ2n) is 23.8. The molecule has 0 bridgehead atoms. The van der Waals surface area contributed by atoms with E-state index in [1.165, 1.54) is 41.4 Å². The number of sulfonamides is 1. The van der Waals surface area contributed by atoms with Crippen molar-refractivity contribution in [2.75, 3.05) is 124 Å². The highest BCUT2D eigenvalue weighted by atomic mass is 35.5. The number of halogens is 2. The van der Waals surface area contributed by atoms with Crippen molar-refractivity contribution in [1.29, 1.82) is 0 Å². The number of nitrogens with one attached hydrogen (secondary N) is 4. The number of hydrogen-bond donors (Lipinski definition) is 4. The van der Waals surface area contributed by atoms with Gasteiger partial charge in [-0.1, -0.05) is 47.5 Å². The van der Waals surface area contributed by atoms with E-state index in [1.807, 2.05) is 48.5 Å². The largest absolute Gasteiger partial charge is 0.381 e. The number of thioether (sulfide) groups is 1. The highest BCUT2D eigenvalue weighted by Gasteiger charge is 2.40. The number of carbonyl (C=O) groups is 3. The predicted octanol–water partition coefficient (Wildman–Crippen LogP) is 9.87. The Morgan fingerprint density at radius 1 is 0.750 bits per heavy atom. The summed E-state index contributed by atoms with van der Waals surface area (Å²) in [5.41, 5.74) is 7.77. The number of imide groups is 1. The van der Waals surface area contributed by atoms with Gasteiger partial charge in [-0.2, -0.15) is 0 Å². The van der Waals surface area contributed by atoms with Crippen LogP contribution in [0.15, 0.2) is 137 Å². The van der Waals surface area contributed by atoms with Gasteiger partial charge in [-0.3, -0.25) is 29.5 Å². The Kier molecular flexibility index (Phi) is 19.6. The van der Waals surface area contributed by atoms with Crippen molar-refractivity contribution < 1.29 is 31.9 Å². The van der Waals surface area contributed by atoms with E-state index in [9.17, 15) is 22.8 Å². The SMILES string of the molecule is O=C1CCC(Nc2ccc(N3CCC(CN4CCC5(CCC(c6ccc(Cl)cc6)=C(CN6CCN(c7ccc(C(=O)NS(=O)(=O)c8ccc(N[C@H](CCN9CCOCC9)CSc9ccccc9)cc8)cc7)CC6)C5)CC4)CC3)c(F)c2)C(=O)N1. The lowest BCUT2D eigenvalue weighted by Crippen LogP contribution is -2.48. The lowest BCUT2D eigenvalue weighted by atomic mass is 9.65. The van der Waals surface area contributed by atoms with Crippen LogP contribution in [-0.2, 0) is 24.3 Å². The number of carbonyl (C=O) groups excluding carboxylic acids is 3. The van der Waals surface area contributed by atoms with Crippen LogP contribution in [0.1, 0.15) is 80.1 Å². The van der Waals surface area contributed by atoms with Crippen LogP contribution in [0.4, 0.5) is 27.1 Å². The van der Waals surface area contributed by atoms with E-state index in [0.29, 0.717) is 23.7 Å². The molecular formula is C65H79ClFN9O6S2. The molecule has 3 amide bonds. The van der Waals surface area contributed by atoms with Crippen LogP contribution >= 0.6 is 23.4 Å². The van der Waals surface area contributed by atoms with Crippen molar-refractivity contribution in [2.45, 2.75) is 86.1 Å². The molecule has 15 nitrogen and oxygen atoms in total. The van der Waals surface area contributed by atoms with Gasteiger partial charge in [0.1, 0.15) is 11.9 Å². The topological polar surface area (TPSA) is 159 Å². The van der Waals surface area contributed by atoms with Crippen molar-refractivity contribution in [2.24, 2.45) is 11.3 Å². The highest BCUT2D eigenvalue weighted by molar-refractivity contribution is 7.99. The van der Waals surface area contributed by atoms with Gasteiger partial charge in [0.15, 0.2) is 0 Å². The van der Waals surface area contributed by atoms with Gasteiger partial charge < -0.3 is 30.1 Å². The van der Waals surface area contributed by atoms with Crippen molar-refractivity contribution in [3.05, 3.63) is 149 Å². The summed E-state index contributed by atoms with van der Waals surface area (Å²) in [5.74, 6) is -0.212. The molecule has 5 saturated heterocycles. The molecule has 19 heteroatoms. The zero-order valence-corrected chi connectivity index (χ0v) is 50.3. The number of likely N-dealkylation sites (tertiary alicyclic amines) is 1. The first-order chi connectivity index (χ1) is 40.8. The summed E-state index contributed by atoms with van der Waals surface area (Å²) in [7, 11) is -4.13. The third-order valence-corrected chi connectivity index (χ3v) is 20.9. The molecular weight excluding hydrogens is 1120 g/mol. The summed E-state index contributed by atoms with van der Waals surface area (Å²) in [5, 5.41) is 9.83. The molecule has 0 aromatic heterocycles. The van der Waals surface area contributed by atoms with Crippen molar-refractivity contribution >= 4 is 79.4 Å². The van der Waals surface area contributed by atoms with E-state index < -0.39 is 22.0 Å². The summed E-state index contributed by atoms with van der Waals surface area (Å²) < 4.78 is 50.4. The summed E-state index contributed by atoms with van der Waals surface area (Å²) >= 11 is 8.19. The van der Waals surface area contributed by atoms with Gasteiger partial charge >= 0.3 is 0 Å². The van der Waals surface area contributed by atoms with Crippen LogP contribution in [0.3, 0.4) is 0 Å². The van der Waals surface area contributed by atoms with E-state index in [2.05, 4.69) is 69.4 Å². The van der Waals surface area contributed by atoms with Crippen LogP contribution < -0.4 is 30.5 Å². The van der Waals surface area contributed by atoms with Crippen molar-refractivity contribution in [1.82, 2.24) is 24.7 Å². The van der Waals surface area contributed by atoms with Gasteiger partial charge in [-0.15, -0.1) is 11.8 Å². The number of nitrogens with zero attached hydrogens (tertiary/aromatic N) is 5. The van der Waals surface area contributed by atoms with Crippen molar-refractivity contribution in [3.63, 3.8) is 0 Å². The van der Waals surface area contributed by atoms with Gasteiger partial charge in [-0.05, 0) is 184 Å².